The second kappa shape index (κ2) is 9.29. The highest BCUT2D eigenvalue weighted by molar-refractivity contribution is 5.96. The predicted octanol–water partition coefficient (Wildman–Crippen LogP) is 4.75. The van der Waals surface area contributed by atoms with E-state index in [1.54, 1.807) is 12.1 Å². The molecule has 34 heavy (non-hydrogen) atoms. The van der Waals surface area contributed by atoms with Gasteiger partial charge in [0.2, 0.25) is 5.91 Å². The molecule has 2 amide bonds. The monoisotopic (exact) mass is 457 g/mol. The van der Waals surface area contributed by atoms with E-state index < -0.39 is 0 Å². The van der Waals surface area contributed by atoms with Gasteiger partial charge >= 0.3 is 0 Å². The van der Waals surface area contributed by atoms with Gasteiger partial charge in [-0.05, 0) is 71.6 Å². The lowest BCUT2D eigenvalue weighted by atomic mass is 10.00. The van der Waals surface area contributed by atoms with Gasteiger partial charge in [-0.15, -0.1) is 0 Å². The zero-order valence-electron chi connectivity index (χ0n) is 19.3. The number of hydrogen-bond donors (Lipinski definition) is 0. The van der Waals surface area contributed by atoms with Crippen LogP contribution in [0.4, 0.5) is 15.8 Å². The Morgan fingerprint density at radius 1 is 0.824 bits per heavy atom. The van der Waals surface area contributed by atoms with E-state index in [1.807, 2.05) is 53.1 Å². The highest BCUT2D eigenvalue weighted by Crippen LogP contribution is 2.33. The fraction of sp³-hybridized carbons (Fsp3) is 0.286. The molecule has 2 heterocycles. The molecule has 5 nitrogen and oxygen atoms in total. The molecule has 6 heteroatoms. The summed E-state index contributed by atoms with van der Waals surface area (Å²) in [5.74, 6) is -0.0460. The number of halogens is 1. The summed E-state index contributed by atoms with van der Waals surface area (Å²) in [7, 11) is 0. The van der Waals surface area contributed by atoms with Crippen molar-refractivity contribution in [2.75, 3.05) is 42.5 Å². The van der Waals surface area contributed by atoms with E-state index in [2.05, 4.69) is 11.0 Å². The minimum atomic E-state index is -0.241. The maximum Gasteiger partial charge on any atom is 0.253 e. The molecule has 0 N–H and O–H groups in total. The topological polar surface area (TPSA) is 43.9 Å². The summed E-state index contributed by atoms with van der Waals surface area (Å²) in [5, 5.41) is 0. The summed E-state index contributed by atoms with van der Waals surface area (Å²) >= 11 is 0. The normalized spacial score (nSPS) is 15.4. The number of carbonyl (C=O) groups excluding carboxylic acids is 2. The third-order valence-electron chi connectivity index (χ3n) is 6.80. The van der Waals surface area contributed by atoms with Gasteiger partial charge in [0.15, 0.2) is 0 Å². The molecular formula is C28H28FN3O2. The lowest BCUT2D eigenvalue weighted by Gasteiger charge is -2.36. The minimum Gasteiger partial charge on any atom is -0.368 e. The van der Waals surface area contributed by atoms with Gasteiger partial charge in [0.05, 0.1) is 0 Å². The molecule has 0 bridgehead atoms. The first-order valence-electron chi connectivity index (χ1n) is 11.9. The molecular weight excluding hydrogens is 429 g/mol. The van der Waals surface area contributed by atoms with Crippen LogP contribution in [0.1, 0.15) is 29.3 Å². The average Bonchev–Trinajstić information content (AvgIpc) is 3.32. The van der Waals surface area contributed by atoms with Crippen LogP contribution in [0.3, 0.4) is 0 Å². The Morgan fingerprint density at radius 2 is 1.50 bits per heavy atom. The van der Waals surface area contributed by atoms with Crippen LogP contribution in [-0.2, 0) is 11.2 Å². The first-order chi connectivity index (χ1) is 16.5. The highest BCUT2D eigenvalue weighted by atomic mass is 19.1. The van der Waals surface area contributed by atoms with Crippen molar-refractivity contribution in [3.05, 3.63) is 83.7 Å². The number of benzene rings is 3. The van der Waals surface area contributed by atoms with E-state index in [4.69, 9.17) is 0 Å². The van der Waals surface area contributed by atoms with Crippen molar-refractivity contribution in [1.82, 2.24) is 4.90 Å². The molecule has 2 aliphatic rings. The van der Waals surface area contributed by atoms with Gasteiger partial charge in [-0.25, -0.2) is 4.39 Å². The Kier molecular flexibility index (Phi) is 6.05. The molecule has 2 aliphatic heterocycles. The van der Waals surface area contributed by atoms with Crippen molar-refractivity contribution in [3.63, 3.8) is 0 Å². The van der Waals surface area contributed by atoms with Crippen molar-refractivity contribution in [2.45, 2.75) is 19.8 Å². The van der Waals surface area contributed by atoms with Crippen molar-refractivity contribution in [2.24, 2.45) is 0 Å². The number of fused-ring (bicyclic) bond motifs is 1. The summed E-state index contributed by atoms with van der Waals surface area (Å²) in [6.07, 6.45) is 1.38. The van der Waals surface area contributed by atoms with Crippen molar-refractivity contribution in [1.29, 1.82) is 0 Å². The van der Waals surface area contributed by atoms with E-state index in [0.29, 0.717) is 25.1 Å². The molecule has 0 spiro atoms. The molecule has 1 fully saturated rings. The standard InChI is InChI=1S/C28H28FN3O2/c1-2-27(33)32-14-13-23-19-22(7-12-26(23)32)20-3-5-21(6-4-20)28(34)31-17-15-30(16-18-31)25-10-8-24(29)9-11-25/h3-12,19H,2,13-18H2,1H3. The third-order valence-corrected chi connectivity index (χ3v) is 6.80. The first kappa shape index (κ1) is 22.1. The van der Waals surface area contributed by atoms with Crippen LogP contribution < -0.4 is 9.80 Å². The molecule has 0 atom stereocenters. The van der Waals surface area contributed by atoms with Gasteiger partial charge in [-0.3, -0.25) is 9.59 Å². The molecule has 5 rings (SSSR count). The summed E-state index contributed by atoms with van der Waals surface area (Å²) in [5.41, 5.74) is 6.02. The van der Waals surface area contributed by atoms with Crippen LogP contribution in [0.5, 0.6) is 0 Å². The quantitative estimate of drug-likeness (QED) is 0.568. The number of hydrogen-bond acceptors (Lipinski definition) is 3. The summed E-state index contributed by atoms with van der Waals surface area (Å²) in [6.45, 7) is 5.35. The minimum absolute atomic E-state index is 0.0352. The Hall–Kier alpha value is -3.67. The Morgan fingerprint density at radius 3 is 2.18 bits per heavy atom. The van der Waals surface area contributed by atoms with Gasteiger partial charge in [0.25, 0.3) is 5.91 Å². The molecule has 0 radical (unpaired) electrons. The number of anilines is 2. The van der Waals surface area contributed by atoms with Crippen LogP contribution in [0.25, 0.3) is 11.1 Å². The zero-order valence-corrected chi connectivity index (χ0v) is 19.3. The Labute approximate surface area is 199 Å². The molecule has 0 aliphatic carbocycles. The Bertz CT molecular complexity index is 1200. The maximum atomic E-state index is 13.2. The van der Waals surface area contributed by atoms with E-state index in [9.17, 15) is 14.0 Å². The second-order valence-electron chi connectivity index (χ2n) is 8.83. The molecule has 3 aromatic rings. The molecule has 174 valence electrons. The van der Waals surface area contributed by atoms with Gasteiger partial charge in [-0.2, -0.15) is 0 Å². The summed E-state index contributed by atoms with van der Waals surface area (Å²) in [4.78, 5) is 31.1. The van der Waals surface area contributed by atoms with Gasteiger partial charge < -0.3 is 14.7 Å². The highest BCUT2D eigenvalue weighted by Gasteiger charge is 2.24. The van der Waals surface area contributed by atoms with Crippen LogP contribution in [0.2, 0.25) is 0 Å². The lowest BCUT2D eigenvalue weighted by Crippen LogP contribution is -2.48. The number of piperazine rings is 1. The van der Waals surface area contributed by atoms with Crippen molar-refractivity contribution < 1.29 is 14.0 Å². The zero-order chi connectivity index (χ0) is 23.7. The number of nitrogens with zero attached hydrogens (tertiary/aromatic N) is 3. The van der Waals surface area contributed by atoms with Crippen LogP contribution in [0.15, 0.2) is 66.7 Å². The second-order valence-corrected chi connectivity index (χ2v) is 8.83. The number of carbonyl (C=O) groups is 2. The van der Waals surface area contributed by atoms with E-state index in [1.165, 1.54) is 17.7 Å². The third kappa shape index (κ3) is 4.28. The fourth-order valence-corrected chi connectivity index (χ4v) is 4.84. The predicted molar refractivity (Wildman–Crippen MR) is 133 cm³/mol. The molecule has 3 aromatic carbocycles. The van der Waals surface area contributed by atoms with Gasteiger partial charge in [0, 0.05) is 56.1 Å². The van der Waals surface area contributed by atoms with E-state index in [-0.39, 0.29) is 17.6 Å². The van der Waals surface area contributed by atoms with Gasteiger partial charge in [0.1, 0.15) is 5.82 Å². The number of amides is 2. The van der Waals surface area contributed by atoms with Crippen LogP contribution in [-0.4, -0.2) is 49.4 Å². The van der Waals surface area contributed by atoms with Crippen LogP contribution >= 0.6 is 0 Å². The smallest absolute Gasteiger partial charge is 0.253 e. The van der Waals surface area contributed by atoms with E-state index in [0.717, 1.165) is 48.6 Å². The van der Waals surface area contributed by atoms with Gasteiger partial charge in [-0.1, -0.05) is 25.1 Å². The molecule has 0 saturated carbocycles. The van der Waals surface area contributed by atoms with E-state index >= 15 is 0 Å². The summed E-state index contributed by atoms with van der Waals surface area (Å²) in [6, 6.07) is 20.5. The molecule has 1 saturated heterocycles. The van der Waals surface area contributed by atoms with Crippen LogP contribution in [0, 0.1) is 5.82 Å². The first-order valence-corrected chi connectivity index (χ1v) is 11.9. The maximum absolute atomic E-state index is 13.2. The molecule has 0 aromatic heterocycles. The summed E-state index contributed by atoms with van der Waals surface area (Å²) < 4.78 is 13.2. The lowest BCUT2D eigenvalue weighted by molar-refractivity contribution is -0.118. The average molecular weight is 458 g/mol. The van der Waals surface area contributed by atoms with Crippen molar-refractivity contribution in [3.8, 4) is 11.1 Å². The fourth-order valence-electron chi connectivity index (χ4n) is 4.84. The SMILES string of the molecule is CCC(=O)N1CCc2cc(-c3ccc(C(=O)N4CCN(c5ccc(F)cc5)CC4)cc3)ccc21. The number of rotatable bonds is 4. The Balaban J connectivity index is 1.24. The van der Waals surface area contributed by atoms with Crippen molar-refractivity contribution >= 4 is 23.2 Å². The molecule has 0 unspecified atom stereocenters. The largest absolute Gasteiger partial charge is 0.368 e.